The highest BCUT2D eigenvalue weighted by Gasteiger charge is 2.26. The first kappa shape index (κ1) is 24.0. The number of nitrogens with zero attached hydrogens (tertiary/aromatic N) is 2. The molecule has 0 unspecified atom stereocenters. The first-order valence-corrected chi connectivity index (χ1v) is 10.9. The molecular weight excluding hydrogens is 458 g/mol. The Morgan fingerprint density at radius 1 is 1.23 bits per heavy atom. The van der Waals surface area contributed by atoms with E-state index in [1.165, 1.54) is 19.2 Å². The second-order valence-corrected chi connectivity index (χ2v) is 7.98. The summed E-state index contributed by atoms with van der Waals surface area (Å²) in [6, 6.07) is 3.30. The van der Waals surface area contributed by atoms with E-state index < -0.39 is 17.4 Å². The number of nitrogens with one attached hydrogen (secondary N) is 1. The van der Waals surface area contributed by atoms with E-state index in [0.29, 0.717) is 12.0 Å². The highest BCUT2D eigenvalue weighted by atomic mass is 19.1. The number of aromatic nitrogens is 1. The quantitative estimate of drug-likeness (QED) is 0.249. The molecule has 0 bridgehead atoms. The van der Waals surface area contributed by atoms with Crippen molar-refractivity contribution in [2.24, 2.45) is 10.7 Å². The lowest BCUT2D eigenvalue weighted by atomic mass is 9.94. The summed E-state index contributed by atoms with van der Waals surface area (Å²) in [5.74, 6) is -0.582. The summed E-state index contributed by atoms with van der Waals surface area (Å²) in [4.78, 5) is 8.54. The zero-order valence-corrected chi connectivity index (χ0v) is 19.0. The molecule has 1 aromatic heterocycles. The molecule has 3 aromatic rings. The molecule has 0 spiro atoms. The molecule has 10 heteroatoms. The summed E-state index contributed by atoms with van der Waals surface area (Å²) in [5.41, 5.74) is 5.43. The van der Waals surface area contributed by atoms with Gasteiger partial charge < -0.3 is 25.4 Å². The maximum Gasteiger partial charge on any atom is 0.287 e. The van der Waals surface area contributed by atoms with Gasteiger partial charge in [-0.3, -0.25) is 5.32 Å². The highest BCUT2D eigenvalue weighted by molar-refractivity contribution is 6.02. The third-order valence-electron chi connectivity index (χ3n) is 5.74. The Labute approximate surface area is 200 Å². The Morgan fingerprint density at radius 3 is 2.77 bits per heavy atom. The largest absolute Gasteiger partial charge is 0.508 e. The number of halogens is 2. The minimum atomic E-state index is -1.05. The van der Waals surface area contributed by atoms with Crippen LogP contribution in [0.4, 0.5) is 14.5 Å². The number of phenolic OH excluding ortho intramolecular Hbond substituents is 2. The van der Waals surface area contributed by atoms with Crippen LogP contribution < -0.4 is 15.8 Å². The van der Waals surface area contributed by atoms with Crippen LogP contribution in [0.5, 0.6) is 17.4 Å². The molecule has 1 aliphatic heterocycles. The Balaban J connectivity index is 2.09. The Kier molecular flexibility index (Phi) is 6.89. The number of nitrogens with two attached hydrogens (primary N) is 1. The van der Waals surface area contributed by atoms with Gasteiger partial charge in [0.25, 0.3) is 6.02 Å². The molecule has 1 aliphatic rings. The number of amidine groups is 1. The standard InChI is InChI=1S/C25H24F2N4O4/c1-3-15-19-13(10-18(33)20(15)26)9-14(32)11-17(19)23-21(27)22(31-25(28)34-2)16-7-5-4-6-8-29-12-35-24(16)30-23/h1,9-11,29,32-33H,4-8,12H2,2H3,(H2,28,30,31). The predicted molar refractivity (Wildman–Crippen MR) is 128 cm³/mol. The number of rotatable bonds is 2. The van der Waals surface area contributed by atoms with Gasteiger partial charge in [0, 0.05) is 16.5 Å². The zero-order chi connectivity index (χ0) is 25.1. The Hall–Kier alpha value is -4.10. The van der Waals surface area contributed by atoms with E-state index >= 15 is 4.39 Å². The molecule has 4 rings (SSSR count). The molecule has 8 nitrogen and oxygen atoms in total. The van der Waals surface area contributed by atoms with Gasteiger partial charge in [-0.2, -0.15) is 4.99 Å². The molecule has 35 heavy (non-hydrogen) atoms. The summed E-state index contributed by atoms with van der Waals surface area (Å²) >= 11 is 0. The number of benzene rings is 2. The molecule has 0 saturated carbocycles. The summed E-state index contributed by atoms with van der Waals surface area (Å²) in [6.07, 6.45) is 8.51. The molecule has 0 fully saturated rings. The third-order valence-corrected chi connectivity index (χ3v) is 5.74. The number of phenols is 2. The number of aromatic hydroxyl groups is 2. The SMILES string of the molecule is C#Cc1c(F)c(O)cc2cc(O)cc(-c3nc4c(c(N=C(N)OC)c3F)CCCCCNCO4)c12. The molecule has 0 saturated heterocycles. The number of methoxy groups -OCH3 is 1. The van der Waals surface area contributed by atoms with Crippen LogP contribution in [0.1, 0.15) is 30.4 Å². The highest BCUT2D eigenvalue weighted by Crippen LogP contribution is 2.43. The van der Waals surface area contributed by atoms with Crippen LogP contribution in [0.3, 0.4) is 0 Å². The Bertz CT molecular complexity index is 1370. The predicted octanol–water partition coefficient (Wildman–Crippen LogP) is 3.82. The number of fused-ring (bicyclic) bond motifs is 2. The van der Waals surface area contributed by atoms with Gasteiger partial charge in [0.15, 0.2) is 17.4 Å². The first-order valence-electron chi connectivity index (χ1n) is 10.9. The van der Waals surface area contributed by atoms with Crippen molar-refractivity contribution in [1.29, 1.82) is 0 Å². The smallest absolute Gasteiger partial charge is 0.287 e. The van der Waals surface area contributed by atoms with Crippen LogP contribution in [-0.4, -0.2) is 41.6 Å². The van der Waals surface area contributed by atoms with Crippen LogP contribution in [0.2, 0.25) is 0 Å². The molecular formula is C25H24F2N4O4. The van der Waals surface area contributed by atoms with Crippen molar-refractivity contribution in [3.05, 3.63) is 41.0 Å². The van der Waals surface area contributed by atoms with Crippen LogP contribution in [0.25, 0.3) is 22.0 Å². The fourth-order valence-corrected chi connectivity index (χ4v) is 4.09. The van der Waals surface area contributed by atoms with Crippen molar-refractivity contribution in [3.8, 4) is 41.0 Å². The first-order chi connectivity index (χ1) is 16.8. The molecule has 2 aromatic carbocycles. The minimum absolute atomic E-state index is 0.00626. The van der Waals surface area contributed by atoms with Crippen molar-refractivity contribution in [2.75, 3.05) is 20.4 Å². The van der Waals surface area contributed by atoms with Crippen LogP contribution >= 0.6 is 0 Å². The van der Waals surface area contributed by atoms with Gasteiger partial charge in [0.1, 0.15) is 23.9 Å². The van der Waals surface area contributed by atoms with Gasteiger partial charge >= 0.3 is 0 Å². The average molecular weight is 482 g/mol. The maximum atomic E-state index is 16.1. The van der Waals surface area contributed by atoms with Gasteiger partial charge in [0.2, 0.25) is 5.88 Å². The molecule has 5 N–H and O–H groups in total. The summed E-state index contributed by atoms with van der Waals surface area (Å²) in [7, 11) is 1.30. The van der Waals surface area contributed by atoms with Crippen molar-refractivity contribution in [1.82, 2.24) is 10.3 Å². The second kappa shape index (κ2) is 10.0. The van der Waals surface area contributed by atoms with E-state index in [0.717, 1.165) is 31.9 Å². The fraction of sp³-hybridized carbons (Fsp3) is 0.280. The van der Waals surface area contributed by atoms with Crippen molar-refractivity contribution in [2.45, 2.75) is 25.7 Å². The van der Waals surface area contributed by atoms with E-state index in [-0.39, 0.29) is 57.7 Å². The van der Waals surface area contributed by atoms with Gasteiger partial charge in [-0.05, 0) is 49.4 Å². The van der Waals surface area contributed by atoms with Gasteiger partial charge in [-0.25, -0.2) is 13.8 Å². The third kappa shape index (κ3) is 4.63. The summed E-state index contributed by atoms with van der Waals surface area (Å²) in [6.45, 7) is 0.864. The molecule has 0 amide bonds. The number of terminal acetylenes is 1. The lowest BCUT2D eigenvalue weighted by Crippen LogP contribution is -2.23. The van der Waals surface area contributed by atoms with E-state index in [4.69, 9.17) is 21.6 Å². The minimum Gasteiger partial charge on any atom is -0.508 e. The molecule has 0 atom stereocenters. The van der Waals surface area contributed by atoms with Crippen LogP contribution in [0, 0.1) is 24.0 Å². The van der Waals surface area contributed by atoms with Crippen molar-refractivity contribution < 1.29 is 28.5 Å². The maximum absolute atomic E-state index is 16.1. The zero-order valence-electron chi connectivity index (χ0n) is 19.0. The normalized spacial score (nSPS) is 14.6. The average Bonchev–Trinajstić information content (AvgIpc) is 2.84. The monoisotopic (exact) mass is 482 g/mol. The molecule has 0 aliphatic carbocycles. The molecule has 2 heterocycles. The van der Waals surface area contributed by atoms with E-state index in [2.05, 4.69) is 21.2 Å². The topological polar surface area (TPSA) is 122 Å². The van der Waals surface area contributed by atoms with Crippen molar-refractivity contribution in [3.63, 3.8) is 0 Å². The molecule has 182 valence electrons. The lowest BCUT2D eigenvalue weighted by Gasteiger charge is -2.19. The molecule has 0 radical (unpaired) electrons. The van der Waals surface area contributed by atoms with Crippen LogP contribution in [-0.2, 0) is 11.2 Å². The lowest BCUT2D eigenvalue weighted by molar-refractivity contribution is 0.266. The summed E-state index contributed by atoms with van der Waals surface area (Å²) < 4.78 is 41.6. The number of hydrogen-bond acceptors (Lipinski definition) is 7. The summed E-state index contributed by atoms with van der Waals surface area (Å²) in [5, 5.41) is 23.7. The number of pyridine rings is 1. The number of aliphatic imine (C=N–C) groups is 1. The van der Waals surface area contributed by atoms with Gasteiger partial charge in [-0.15, -0.1) is 6.42 Å². The van der Waals surface area contributed by atoms with Gasteiger partial charge in [-0.1, -0.05) is 12.3 Å². The number of hydrogen-bond donors (Lipinski definition) is 4. The van der Waals surface area contributed by atoms with Crippen molar-refractivity contribution >= 4 is 22.5 Å². The second-order valence-electron chi connectivity index (χ2n) is 7.98. The number of ether oxygens (including phenoxy) is 2. The van der Waals surface area contributed by atoms with Gasteiger partial charge in [0.05, 0.1) is 12.7 Å². The fourth-order valence-electron chi connectivity index (χ4n) is 4.09. The van der Waals surface area contributed by atoms with E-state index in [1.54, 1.807) is 0 Å². The van der Waals surface area contributed by atoms with Crippen LogP contribution in [0.15, 0.2) is 23.2 Å². The van der Waals surface area contributed by atoms with E-state index in [1.807, 2.05) is 0 Å². The van der Waals surface area contributed by atoms with E-state index in [9.17, 15) is 14.6 Å². The Morgan fingerprint density at radius 2 is 2.03 bits per heavy atom.